The summed E-state index contributed by atoms with van der Waals surface area (Å²) in [4.78, 5) is 22.6. The summed E-state index contributed by atoms with van der Waals surface area (Å²) in [6.45, 7) is 1.02. The average molecular weight is 669 g/mol. The minimum absolute atomic E-state index is 0.0562. The Bertz CT molecular complexity index is 1680. The zero-order valence-corrected chi connectivity index (χ0v) is 26.3. The SMILES string of the molecule is [N-]=[N+]=NCc1ccccc1C[C@@]1(C(=O)NCCc2ccccc2)N=C(c2ccc(OCCCO)cc2)O[C@@H]1c1ccccc1Br. The van der Waals surface area contributed by atoms with Crippen molar-refractivity contribution in [3.8, 4) is 5.75 Å². The molecule has 4 aromatic carbocycles. The van der Waals surface area contributed by atoms with Crippen molar-refractivity contribution in [1.82, 2.24) is 5.32 Å². The van der Waals surface area contributed by atoms with E-state index in [9.17, 15) is 4.79 Å². The molecule has 1 heterocycles. The summed E-state index contributed by atoms with van der Waals surface area (Å²) in [5.74, 6) is 0.727. The highest BCUT2D eigenvalue weighted by molar-refractivity contribution is 9.10. The predicted molar refractivity (Wildman–Crippen MR) is 177 cm³/mol. The van der Waals surface area contributed by atoms with Crippen LogP contribution in [0.4, 0.5) is 0 Å². The smallest absolute Gasteiger partial charge is 0.252 e. The Morgan fingerprint density at radius 1 is 1.00 bits per heavy atom. The van der Waals surface area contributed by atoms with Gasteiger partial charge in [-0.05, 0) is 59.0 Å². The van der Waals surface area contributed by atoms with Crippen LogP contribution in [0.5, 0.6) is 5.75 Å². The largest absolute Gasteiger partial charge is 0.494 e. The van der Waals surface area contributed by atoms with Crippen LogP contribution in [-0.2, 0) is 28.9 Å². The van der Waals surface area contributed by atoms with Crippen LogP contribution in [0.2, 0.25) is 0 Å². The number of halogens is 1. The molecule has 0 saturated carbocycles. The second kappa shape index (κ2) is 15.4. The first-order valence-electron chi connectivity index (χ1n) is 14.8. The number of rotatable bonds is 14. The molecule has 0 aliphatic carbocycles. The number of nitrogens with zero attached hydrogens (tertiary/aromatic N) is 4. The Morgan fingerprint density at radius 3 is 2.44 bits per heavy atom. The fourth-order valence-corrected chi connectivity index (χ4v) is 5.84. The van der Waals surface area contributed by atoms with E-state index in [1.165, 1.54) is 0 Å². The average Bonchev–Trinajstić information content (AvgIpc) is 3.45. The molecule has 0 radical (unpaired) electrons. The molecule has 0 saturated heterocycles. The summed E-state index contributed by atoms with van der Waals surface area (Å²) in [6, 6.07) is 32.6. The van der Waals surface area contributed by atoms with E-state index >= 15 is 0 Å². The maximum absolute atomic E-state index is 14.5. The standard InChI is InChI=1S/C35H34BrN5O4/c36-31-14-7-6-13-30(31)32-35(23-27-11-4-5-12-28(27)24-39-41-37,34(43)38-20-19-25-9-2-1-3-10-25)40-33(45-32)26-15-17-29(18-16-26)44-22-8-21-42/h1-7,9-18,32,42H,8,19-24H2,(H,38,43)/t32-,35-/m1/s1. The quantitative estimate of drug-likeness (QED) is 0.0657. The first-order valence-corrected chi connectivity index (χ1v) is 15.6. The molecular weight excluding hydrogens is 634 g/mol. The van der Waals surface area contributed by atoms with E-state index in [4.69, 9.17) is 25.1 Å². The van der Waals surface area contributed by atoms with Gasteiger partial charge < -0.3 is 19.9 Å². The van der Waals surface area contributed by atoms with Crippen molar-refractivity contribution in [1.29, 1.82) is 0 Å². The van der Waals surface area contributed by atoms with Crippen LogP contribution in [0, 0.1) is 0 Å². The molecule has 0 aromatic heterocycles. The Hall–Kier alpha value is -4.63. The van der Waals surface area contributed by atoms with Crippen LogP contribution in [0.15, 0.2) is 118 Å². The lowest BCUT2D eigenvalue weighted by molar-refractivity contribution is -0.128. The fourth-order valence-electron chi connectivity index (χ4n) is 5.35. The number of carbonyl (C=O) groups is 1. The van der Waals surface area contributed by atoms with E-state index in [0.717, 1.165) is 26.7 Å². The van der Waals surface area contributed by atoms with Gasteiger partial charge in [-0.2, -0.15) is 0 Å². The maximum atomic E-state index is 14.5. The summed E-state index contributed by atoms with van der Waals surface area (Å²) in [6.07, 6.45) is 0.631. The van der Waals surface area contributed by atoms with Crippen LogP contribution in [0.25, 0.3) is 10.4 Å². The van der Waals surface area contributed by atoms with Gasteiger partial charge in [0, 0.05) is 46.5 Å². The van der Waals surface area contributed by atoms with Crippen molar-refractivity contribution in [2.45, 2.75) is 37.5 Å². The number of carbonyl (C=O) groups excluding carboxylic acids is 1. The minimum atomic E-state index is -1.39. The van der Waals surface area contributed by atoms with Gasteiger partial charge in [0.1, 0.15) is 5.75 Å². The molecule has 2 N–H and O–H groups in total. The maximum Gasteiger partial charge on any atom is 0.252 e. The third-order valence-electron chi connectivity index (χ3n) is 7.64. The second-order valence-electron chi connectivity index (χ2n) is 10.6. The number of nitrogens with one attached hydrogen (secondary N) is 1. The van der Waals surface area contributed by atoms with E-state index in [-0.39, 0.29) is 25.5 Å². The van der Waals surface area contributed by atoms with Crippen molar-refractivity contribution in [2.24, 2.45) is 10.1 Å². The predicted octanol–water partition coefficient (Wildman–Crippen LogP) is 6.88. The Kier molecular flexibility index (Phi) is 10.9. The number of hydrogen-bond donors (Lipinski definition) is 2. The van der Waals surface area contributed by atoms with Crippen LogP contribution in [-0.4, -0.2) is 42.2 Å². The Balaban J connectivity index is 1.57. The summed E-state index contributed by atoms with van der Waals surface area (Å²) in [5, 5.41) is 16.0. The lowest BCUT2D eigenvalue weighted by Gasteiger charge is -2.32. The zero-order valence-electron chi connectivity index (χ0n) is 24.7. The lowest BCUT2D eigenvalue weighted by Crippen LogP contribution is -2.50. The monoisotopic (exact) mass is 667 g/mol. The fraction of sp³-hybridized carbons (Fsp3) is 0.257. The van der Waals surface area contributed by atoms with Gasteiger partial charge in [0.15, 0.2) is 11.6 Å². The van der Waals surface area contributed by atoms with E-state index < -0.39 is 11.6 Å². The number of aliphatic hydroxyl groups is 1. The molecule has 0 bridgehead atoms. The Morgan fingerprint density at radius 2 is 1.71 bits per heavy atom. The molecule has 10 heteroatoms. The van der Waals surface area contributed by atoms with Gasteiger partial charge in [-0.3, -0.25) is 4.79 Å². The van der Waals surface area contributed by atoms with Crippen molar-refractivity contribution >= 4 is 27.7 Å². The highest BCUT2D eigenvalue weighted by Crippen LogP contribution is 2.45. The third-order valence-corrected chi connectivity index (χ3v) is 8.36. The number of benzene rings is 4. The summed E-state index contributed by atoms with van der Waals surface area (Å²) >= 11 is 3.69. The molecule has 1 aliphatic rings. The number of azide groups is 1. The molecule has 2 atom stereocenters. The first-order chi connectivity index (χ1) is 22.0. The van der Waals surface area contributed by atoms with Gasteiger partial charge in [0.25, 0.3) is 5.91 Å². The van der Waals surface area contributed by atoms with Gasteiger partial charge >= 0.3 is 0 Å². The molecule has 0 unspecified atom stereocenters. The highest BCUT2D eigenvalue weighted by Gasteiger charge is 2.54. The first kappa shape index (κ1) is 31.8. The number of ether oxygens (including phenoxy) is 2. The second-order valence-corrected chi connectivity index (χ2v) is 11.5. The van der Waals surface area contributed by atoms with E-state index in [1.54, 1.807) is 0 Å². The van der Waals surface area contributed by atoms with E-state index in [2.05, 4.69) is 31.3 Å². The summed E-state index contributed by atoms with van der Waals surface area (Å²) < 4.78 is 13.2. The summed E-state index contributed by atoms with van der Waals surface area (Å²) in [5.41, 5.74) is 11.9. The molecular formula is C35H34BrN5O4. The van der Waals surface area contributed by atoms with Crippen LogP contribution >= 0.6 is 15.9 Å². The third kappa shape index (κ3) is 7.72. The molecule has 4 aromatic rings. The highest BCUT2D eigenvalue weighted by atomic mass is 79.9. The van der Waals surface area contributed by atoms with Gasteiger partial charge in [-0.1, -0.05) is 93.8 Å². The normalized spacial score (nSPS) is 17.1. The molecule has 1 aliphatic heterocycles. The van der Waals surface area contributed by atoms with E-state index in [0.29, 0.717) is 43.2 Å². The molecule has 1 amide bonds. The molecule has 230 valence electrons. The molecule has 0 spiro atoms. The van der Waals surface area contributed by atoms with Gasteiger partial charge in [0.05, 0.1) is 13.2 Å². The van der Waals surface area contributed by atoms with Crippen LogP contribution < -0.4 is 10.1 Å². The van der Waals surface area contributed by atoms with Crippen LogP contribution in [0.3, 0.4) is 0 Å². The number of amides is 1. The van der Waals surface area contributed by atoms with Crippen molar-refractivity contribution in [2.75, 3.05) is 19.8 Å². The minimum Gasteiger partial charge on any atom is -0.494 e. The molecule has 9 nitrogen and oxygen atoms in total. The summed E-state index contributed by atoms with van der Waals surface area (Å²) in [7, 11) is 0. The van der Waals surface area contributed by atoms with Gasteiger partial charge in [-0.25, -0.2) is 4.99 Å². The zero-order chi connectivity index (χ0) is 31.5. The molecule has 0 fully saturated rings. The number of aliphatic hydroxyl groups excluding tert-OH is 1. The molecule has 45 heavy (non-hydrogen) atoms. The van der Waals surface area contributed by atoms with Crippen molar-refractivity contribution in [3.05, 3.63) is 146 Å². The molecule has 5 rings (SSSR count). The van der Waals surface area contributed by atoms with E-state index in [1.807, 2.05) is 103 Å². The van der Waals surface area contributed by atoms with Gasteiger partial charge in [0.2, 0.25) is 5.90 Å². The van der Waals surface area contributed by atoms with Crippen LogP contribution in [0.1, 0.15) is 40.3 Å². The van der Waals surface area contributed by atoms with Gasteiger partial charge in [-0.15, -0.1) is 0 Å². The lowest BCUT2D eigenvalue weighted by atomic mass is 9.81. The van der Waals surface area contributed by atoms with Crippen molar-refractivity contribution < 1.29 is 19.4 Å². The number of hydrogen-bond acceptors (Lipinski definition) is 6. The topological polar surface area (TPSA) is 129 Å². The van der Waals surface area contributed by atoms with Crippen molar-refractivity contribution in [3.63, 3.8) is 0 Å². The Labute approximate surface area is 270 Å². The number of aliphatic imine (C=N–C) groups is 1.